The van der Waals surface area contributed by atoms with Crippen LogP contribution in [-0.4, -0.2) is 159 Å². The molecular weight excluding hydrogens is 1140 g/mol. The van der Waals surface area contributed by atoms with Crippen LogP contribution in [0.25, 0.3) is 21.5 Å². The molecule has 0 unspecified atom stereocenters. The molecule has 12 amide bonds. The zero-order chi connectivity index (χ0) is 63.3. The van der Waals surface area contributed by atoms with E-state index in [4.69, 9.17) is 10.5 Å². The maximum Gasteiger partial charge on any atom is 0.410 e. The van der Waals surface area contributed by atoms with Crippen molar-refractivity contribution < 1.29 is 67.3 Å². The molecule has 0 bridgehead atoms. The smallest absolute Gasteiger partial charge is 0.410 e. The Labute approximate surface area is 502 Å². The SMILES string of the molecule is CC(C)[C@H](NC(=O)CCCCCN1C(=O)C=CC1=O)C(=O)N[C@@H](CCCNC(N)=O)C(=O)Nc1ccc(COC(=O)N(CCCNCCN2C(=O)c3cccc4cc([N+](=O)[O-])cc(c34)C2=O)CCN2C(=O)c3cccc4cc([N+](=O)[O-])cc(c34)C2=O)cc1. The van der Waals surface area contributed by atoms with Crippen molar-refractivity contribution in [1.29, 1.82) is 0 Å². The molecule has 0 spiro atoms. The van der Waals surface area contributed by atoms with Crippen LogP contribution in [0.4, 0.5) is 26.7 Å². The molecule has 0 aromatic heterocycles. The van der Waals surface area contributed by atoms with Crippen molar-refractivity contribution >= 4 is 104 Å². The maximum absolute atomic E-state index is 14.0. The van der Waals surface area contributed by atoms with Crippen molar-refractivity contribution in [2.24, 2.45) is 11.7 Å². The van der Waals surface area contributed by atoms with E-state index in [1.54, 1.807) is 50.2 Å². The number of rotatable bonds is 30. The number of carbonyl (C=O) groups is 11. The number of carbonyl (C=O) groups excluding carboxylic acids is 11. The number of nitrogens with zero attached hydrogens (tertiary/aromatic N) is 6. The Kier molecular flexibility index (Phi) is 20.6. The second-order valence-electron chi connectivity index (χ2n) is 21.4. The van der Waals surface area contributed by atoms with Gasteiger partial charge in [0.15, 0.2) is 0 Å². The van der Waals surface area contributed by atoms with E-state index in [1.807, 2.05) is 0 Å². The van der Waals surface area contributed by atoms with Crippen molar-refractivity contribution in [2.45, 2.75) is 77.5 Å². The third-order valence-electron chi connectivity index (χ3n) is 15.0. The molecule has 0 aliphatic carbocycles. The molecule has 28 nitrogen and oxygen atoms in total. The molecule has 5 aromatic rings. The number of unbranched alkanes of at least 4 members (excludes halogenated alkanes) is 2. The highest BCUT2D eigenvalue weighted by Crippen LogP contribution is 2.35. The molecule has 0 saturated carbocycles. The standard InChI is InChI=1S/C60H64N12O16/c1-35(2)52(66-47(73)15-4-3-5-26-68-48(74)20-21-49(68)75)54(77)65-46(14-8-23-63-59(61)82)53(76)64-39-18-16-36(17-19-39)34-88-60(83)67(28-29-70-56(79)43-13-7-11-38-31-41(72(86)87)33-45(51(38)43)58(70)81)25-9-22-62-24-27-69-55(78)42-12-6-10-37-30-40(71(84)85)32-44(50(37)42)57(69)80/h6-7,10-13,16-21,30-33,35,46,52,62H,3-5,8-9,14-15,22-29,34H2,1-2H3,(H,64,76)(H,65,77)(H,66,73)(H3,61,63,82)/t46-,52-/m0/s1. The topological polar surface area (TPSA) is 382 Å². The second kappa shape index (κ2) is 28.6. The first-order chi connectivity index (χ1) is 42.1. The maximum atomic E-state index is 14.0. The fourth-order valence-corrected chi connectivity index (χ4v) is 10.5. The first kappa shape index (κ1) is 63.5. The summed E-state index contributed by atoms with van der Waals surface area (Å²) in [5, 5.41) is 38.6. The van der Waals surface area contributed by atoms with Crippen LogP contribution < -0.4 is 32.3 Å². The van der Waals surface area contributed by atoms with Gasteiger partial charge in [-0.1, -0.05) is 56.7 Å². The molecule has 0 radical (unpaired) electrons. The summed E-state index contributed by atoms with van der Waals surface area (Å²) in [7, 11) is 0. The predicted molar refractivity (Wildman–Crippen MR) is 316 cm³/mol. The Bertz CT molecular complexity index is 3660. The highest BCUT2D eigenvalue weighted by atomic mass is 16.6. The summed E-state index contributed by atoms with van der Waals surface area (Å²) < 4.78 is 5.74. The molecule has 28 heteroatoms. The molecule has 88 heavy (non-hydrogen) atoms. The molecule has 2 atom stereocenters. The molecule has 3 heterocycles. The number of hydrogen-bond acceptors (Lipinski definition) is 17. The van der Waals surface area contributed by atoms with Gasteiger partial charge in [0.05, 0.1) is 21.0 Å². The van der Waals surface area contributed by atoms with Gasteiger partial charge in [-0.3, -0.25) is 78.1 Å². The van der Waals surface area contributed by atoms with E-state index in [2.05, 4.69) is 26.6 Å². The molecular formula is C60H64N12O16. The minimum absolute atomic E-state index is 0.0149. The number of hydrogen-bond donors (Lipinski definition) is 6. The summed E-state index contributed by atoms with van der Waals surface area (Å²) in [6.45, 7) is 3.03. The van der Waals surface area contributed by atoms with Crippen molar-refractivity contribution in [3.8, 4) is 0 Å². The summed E-state index contributed by atoms with van der Waals surface area (Å²) in [5.41, 5.74) is 5.62. The number of ether oxygens (including phenoxy) is 1. The third-order valence-corrected chi connectivity index (χ3v) is 15.0. The van der Waals surface area contributed by atoms with Crippen LogP contribution in [0.15, 0.2) is 97.1 Å². The number of imide groups is 3. The summed E-state index contributed by atoms with van der Waals surface area (Å²) in [6, 6.07) is 17.3. The summed E-state index contributed by atoms with van der Waals surface area (Å²) >= 11 is 0. The summed E-state index contributed by atoms with van der Waals surface area (Å²) in [4.78, 5) is 171. The fraction of sp³-hybridized carbons (Fsp3) is 0.350. The first-order valence-corrected chi connectivity index (χ1v) is 28.4. The Hall–Kier alpha value is -10.5. The summed E-state index contributed by atoms with van der Waals surface area (Å²) in [5.74, 6) is -5.63. The minimum atomic E-state index is -1.16. The van der Waals surface area contributed by atoms with Crippen molar-refractivity contribution in [2.75, 3.05) is 57.7 Å². The molecule has 5 aromatic carbocycles. The highest BCUT2D eigenvalue weighted by Gasteiger charge is 2.37. The zero-order valence-corrected chi connectivity index (χ0v) is 48.1. The predicted octanol–water partition coefficient (Wildman–Crippen LogP) is 4.82. The number of primary amides is 1. The first-order valence-electron chi connectivity index (χ1n) is 28.4. The van der Waals surface area contributed by atoms with Gasteiger partial charge in [0.2, 0.25) is 17.7 Å². The monoisotopic (exact) mass is 1210 g/mol. The highest BCUT2D eigenvalue weighted by molar-refractivity contribution is 6.27. The number of nitro benzene ring substituents is 2. The van der Waals surface area contributed by atoms with E-state index < -0.39 is 93.1 Å². The number of urea groups is 1. The minimum Gasteiger partial charge on any atom is -0.445 e. The number of anilines is 1. The number of amides is 12. The number of non-ortho nitro benzene ring substituents is 2. The zero-order valence-electron chi connectivity index (χ0n) is 48.1. The molecule has 460 valence electrons. The van der Waals surface area contributed by atoms with Gasteiger partial charge in [-0.05, 0) is 85.2 Å². The van der Waals surface area contributed by atoms with Gasteiger partial charge in [0.1, 0.15) is 18.7 Å². The molecule has 7 N–H and O–H groups in total. The van der Waals surface area contributed by atoms with Gasteiger partial charge in [-0.2, -0.15) is 0 Å². The third kappa shape index (κ3) is 15.1. The fourth-order valence-electron chi connectivity index (χ4n) is 10.5. The van der Waals surface area contributed by atoms with Crippen LogP contribution in [0.5, 0.6) is 0 Å². The molecule has 3 aliphatic heterocycles. The lowest BCUT2D eigenvalue weighted by atomic mass is 9.93. The van der Waals surface area contributed by atoms with Gasteiger partial charge in [-0.25, -0.2) is 9.59 Å². The van der Waals surface area contributed by atoms with Crippen LogP contribution in [-0.2, 0) is 35.3 Å². The number of nitrogens with one attached hydrogen (secondary N) is 5. The van der Waals surface area contributed by atoms with Crippen LogP contribution >= 0.6 is 0 Å². The number of benzene rings is 5. The largest absolute Gasteiger partial charge is 0.445 e. The van der Waals surface area contributed by atoms with Crippen LogP contribution in [0.3, 0.4) is 0 Å². The van der Waals surface area contributed by atoms with E-state index in [0.717, 1.165) is 26.8 Å². The quantitative estimate of drug-likeness (QED) is 0.0155. The van der Waals surface area contributed by atoms with E-state index in [1.165, 1.54) is 53.5 Å². The Morgan fingerprint density at radius 1 is 0.614 bits per heavy atom. The van der Waals surface area contributed by atoms with Gasteiger partial charge in [-0.15, -0.1) is 0 Å². The second-order valence-corrected chi connectivity index (χ2v) is 21.4. The van der Waals surface area contributed by atoms with Gasteiger partial charge in [0.25, 0.3) is 46.8 Å². The van der Waals surface area contributed by atoms with Gasteiger partial charge < -0.3 is 42.0 Å². The lowest BCUT2D eigenvalue weighted by Gasteiger charge is -2.30. The molecule has 0 saturated heterocycles. The van der Waals surface area contributed by atoms with Crippen LogP contribution in [0.1, 0.15) is 106 Å². The van der Waals surface area contributed by atoms with Crippen LogP contribution in [0, 0.1) is 26.1 Å². The molecule has 0 fully saturated rings. The Balaban J connectivity index is 0.883. The van der Waals surface area contributed by atoms with Crippen molar-refractivity contribution in [1.82, 2.24) is 40.9 Å². The molecule has 8 rings (SSSR count). The number of nitrogens with two attached hydrogens (primary N) is 1. The lowest BCUT2D eigenvalue weighted by molar-refractivity contribution is -0.384. The van der Waals surface area contributed by atoms with Crippen LogP contribution in [0.2, 0.25) is 0 Å². The van der Waals surface area contributed by atoms with E-state index >= 15 is 0 Å². The number of nitro groups is 2. The van der Waals surface area contributed by atoms with Crippen molar-refractivity contribution in [3.05, 3.63) is 145 Å². The average Bonchev–Trinajstić information content (AvgIpc) is 0.929. The van der Waals surface area contributed by atoms with E-state index in [0.29, 0.717) is 41.0 Å². The Morgan fingerprint density at radius 2 is 1.19 bits per heavy atom. The van der Waals surface area contributed by atoms with E-state index in [-0.39, 0.29) is 129 Å². The Morgan fingerprint density at radius 3 is 1.76 bits per heavy atom. The lowest BCUT2D eigenvalue weighted by Crippen LogP contribution is -2.54. The van der Waals surface area contributed by atoms with Gasteiger partial charge in [0, 0.05) is 116 Å². The van der Waals surface area contributed by atoms with Gasteiger partial charge >= 0.3 is 12.1 Å². The summed E-state index contributed by atoms with van der Waals surface area (Å²) in [6.07, 6.45) is 3.54. The molecule has 3 aliphatic rings. The average molecular weight is 1210 g/mol. The van der Waals surface area contributed by atoms with Crippen molar-refractivity contribution in [3.63, 3.8) is 0 Å². The van der Waals surface area contributed by atoms with E-state index in [9.17, 15) is 73.0 Å². The normalized spacial score (nSPS) is 14.1.